The Kier molecular flexibility index (Phi) is 1.97. The van der Waals surface area contributed by atoms with Crippen LogP contribution in [0.25, 0.3) is 0 Å². The van der Waals surface area contributed by atoms with Gasteiger partial charge in [-0.2, -0.15) is 0 Å². The lowest BCUT2D eigenvalue weighted by Gasteiger charge is -2.04. The van der Waals surface area contributed by atoms with E-state index in [1.165, 1.54) is 5.56 Å². The zero-order chi connectivity index (χ0) is 8.60. The third-order valence-corrected chi connectivity index (χ3v) is 2.60. The van der Waals surface area contributed by atoms with Crippen LogP contribution in [0, 0.1) is 0 Å². The van der Waals surface area contributed by atoms with Gasteiger partial charge in [0.05, 0.1) is 12.2 Å². The molecule has 1 aromatic rings. The van der Waals surface area contributed by atoms with Crippen molar-refractivity contribution in [3.63, 3.8) is 0 Å². The van der Waals surface area contributed by atoms with Gasteiger partial charge < -0.3 is 4.74 Å². The molecular formula is C10H11BrO. The van der Waals surface area contributed by atoms with Gasteiger partial charge >= 0.3 is 0 Å². The Hall–Kier alpha value is -0.340. The Labute approximate surface area is 80.9 Å². The molecule has 0 saturated carbocycles. The van der Waals surface area contributed by atoms with Gasteiger partial charge in [-0.1, -0.05) is 28.1 Å². The van der Waals surface area contributed by atoms with Gasteiger partial charge in [-0.15, -0.1) is 0 Å². The molecule has 1 fully saturated rings. The van der Waals surface area contributed by atoms with Gasteiger partial charge in [0, 0.05) is 10.9 Å². The Morgan fingerprint density at radius 1 is 1.58 bits per heavy atom. The van der Waals surface area contributed by atoms with E-state index in [1.54, 1.807) is 0 Å². The largest absolute Gasteiger partial charge is 0.370 e. The second kappa shape index (κ2) is 2.86. The lowest BCUT2D eigenvalue weighted by Crippen LogP contribution is -2.08. The molecule has 0 radical (unpaired) electrons. The number of hydrogen-bond acceptors (Lipinski definition) is 1. The fourth-order valence-corrected chi connectivity index (χ4v) is 1.75. The van der Waals surface area contributed by atoms with Crippen LogP contribution in [0.1, 0.15) is 12.5 Å². The minimum absolute atomic E-state index is 0.126. The first-order chi connectivity index (χ1) is 5.68. The SMILES string of the molecule is CC1(Cc2cccc(Br)c2)CO1. The summed E-state index contributed by atoms with van der Waals surface area (Å²) >= 11 is 3.45. The van der Waals surface area contributed by atoms with Crippen molar-refractivity contribution in [2.75, 3.05) is 6.61 Å². The average Bonchev–Trinajstić information content (AvgIpc) is 2.67. The normalized spacial score (nSPS) is 27.2. The molecular weight excluding hydrogens is 216 g/mol. The van der Waals surface area contributed by atoms with Gasteiger partial charge in [-0.05, 0) is 24.6 Å². The molecule has 2 heteroatoms. The summed E-state index contributed by atoms with van der Waals surface area (Å²) in [5.41, 5.74) is 1.46. The number of ether oxygens (including phenoxy) is 1. The van der Waals surface area contributed by atoms with Crippen LogP contribution in [-0.2, 0) is 11.2 Å². The maximum atomic E-state index is 5.32. The lowest BCUT2D eigenvalue weighted by molar-refractivity contribution is 0.322. The monoisotopic (exact) mass is 226 g/mol. The molecule has 1 aliphatic heterocycles. The van der Waals surface area contributed by atoms with E-state index in [9.17, 15) is 0 Å². The summed E-state index contributed by atoms with van der Waals surface area (Å²) in [6, 6.07) is 8.38. The third-order valence-electron chi connectivity index (χ3n) is 2.10. The average molecular weight is 227 g/mol. The van der Waals surface area contributed by atoms with Crippen molar-refractivity contribution < 1.29 is 4.74 Å². The fraction of sp³-hybridized carbons (Fsp3) is 0.400. The first kappa shape index (κ1) is 8.27. The van der Waals surface area contributed by atoms with Crippen molar-refractivity contribution in [3.8, 4) is 0 Å². The topological polar surface area (TPSA) is 12.5 Å². The second-order valence-corrected chi connectivity index (χ2v) is 4.46. The van der Waals surface area contributed by atoms with Crippen molar-refractivity contribution in [3.05, 3.63) is 34.3 Å². The second-order valence-electron chi connectivity index (χ2n) is 3.55. The molecule has 0 spiro atoms. The maximum Gasteiger partial charge on any atom is 0.0928 e. The smallest absolute Gasteiger partial charge is 0.0928 e. The molecule has 0 amide bonds. The van der Waals surface area contributed by atoms with Crippen LogP contribution in [0.3, 0.4) is 0 Å². The molecule has 1 nitrogen and oxygen atoms in total. The van der Waals surface area contributed by atoms with E-state index in [-0.39, 0.29) is 5.60 Å². The van der Waals surface area contributed by atoms with Gasteiger partial charge in [-0.25, -0.2) is 0 Å². The summed E-state index contributed by atoms with van der Waals surface area (Å²) in [4.78, 5) is 0. The highest BCUT2D eigenvalue weighted by atomic mass is 79.9. The zero-order valence-electron chi connectivity index (χ0n) is 7.01. The summed E-state index contributed by atoms with van der Waals surface area (Å²) in [7, 11) is 0. The molecule has 1 aliphatic rings. The van der Waals surface area contributed by atoms with Crippen LogP contribution in [0.2, 0.25) is 0 Å². The Morgan fingerprint density at radius 3 is 2.92 bits per heavy atom. The number of rotatable bonds is 2. The number of epoxide rings is 1. The molecule has 0 N–H and O–H groups in total. The molecule has 1 heterocycles. The van der Waals surface area contributed by atoms with Crippen LogP contribution in [0.4, 0.5) is 0 Å². The van der Waals surface area contributed by atoms with Crippen molar-refractivity contribution in [2.24, 2.45) is 0 Å². The summed E-state index contributed by atoms with van der Waals surface area (Å²) in [6.45, 7) is 3.05. The van der Waals surface area contributed by atoms with Gasteiger partial charge in [0.15, 0.2) is 0 Å². The van der Waals surface area contributed by atoms with Crippen LogP contribution in [-0.4, -0.2) is 12.2 Å². The van der Waals surface area contributed by atoms with E-state index < -0.39 is 0 Å². The highest BCUT2D eigenvalue weighted by Gasteiger charge is 2.38. The first-order valence-electron chi connectivity index (χ1n) is 4.06. The highest BCUT2D eigenvalue weighted by Crippen LogP contribution is 2.30. The van der Waals surface area contributed by atoms with Gasteiger partial charge in [0.1, 0.15) is 0 Å². The molecule has 12 heavy (non-hydrogen) atoms. The minimum atomic E-state index is 0.126. The lowest BCUT2D eigenvalue weighted by atomic mass is 10.0. The van der Waals surface area contributed by atoms with Crippen molar-refractivity contribution in [1.82, 2.24) is 0 Å². The highest BCUT2D eigenvalue weighted by molar-refractivity contribution is 9.10. The van der Waals surface area contributed by atoms with Crippen LogP contribution in [0.5, 0.6) is 0 Å². The van der Waals surface area contributed by atoms with Gasteiger partial charge in [-0.3, -0.25) is 0 Å². The van der Waals surface area contributed by atoms with Crippen molar-refractivity contribution >= 4 is 15.9 Å². The first-order valence-corrected chi connectivity index (χ1v) is 4.86. The number of halogens is 1. The molecule has 1 aromatic carbocycles. The Morgan fingerprint density at radius 2 is 2.33 bits per heavy atom. The van der Waals surface area contributed by atoms with Crippen molar-refractivity contribution in [2.45, 2.75) is 18.9 Å². The number of benzene rings is 1. The molecule has 64 valence electrons. The summed E-state index contributed by atoms with van der Waals surface area (Å²) in [5.74, 6) is 0. The molecule has 0 aliphatic carbocycles. The minimum Gasteiger partial charge on any atom is -0.370 e. The molecule has 0 aromatic heterocycles. The molecule has 1 unspecified atom stereocenters. The third kappa shape index (κ3) is 1.87. The number of hydrogen-bond donors (Lipinski definition) is 0. The molecule has 1 atom stereocenters. The molecule has 1 saturated heterocycles. The maximum absolute atomic E-state index is 5.32. The Bertz CT molecular complexity index is 292. The predicted molar refractivity (Wildman–Crippen MR) is 52.2 cm³/mol. The van der Waals surface area contributed by atoms with E-state index in [0.29, 0.717) is 0 Å². The quantitative estimate of drug-likeness (QED) is 0.707. The standard InChI is InChI=1S/C10H11BrO/c1-10(7-12-10)6-8-3-2-4-9(11)5-8/h2-5H,6-7H2,1H3. The van der Waals surface area contributed by atoms with Crippen LogP contribution >= 0.6 is 15.9 Å². The van der Waals surface area contributed by atoms with E-state index in [4.69, 9.17) is 4.74 Å². The van der Waals surface area contributed by atoms with Crippen LogP contribution in [0.15, 0.2) is 28.7 Å². The van der Waals surface area contributed by atoms with E-state index >= 15 is 0 Å². The predicted octanol–water partition coefficient (Wildman–Crippen LogP) is 2.78. The summed E-state index contributed by atoms with van der Waals surface area (Å²) < 4.78 is 6.47. The van der Waals surface area contributed by atoms with Gasteiger partial charge in [0.2, 0.25) is 0 Å². The molecule has 2 rings (SSSR count). The fourth-order valence-electron chi connectivity index (χ4n) is 1.30. The Balaban J connectivity index is 2.12. The van der Waals surface area contributed by atoms with E-state index in [0.717, 1.165) is 17.5 Å². The summed E-state index contributed by atoms with van der Waals surface area (Å²) in [5, 5.41) is 0. The van der Waals surface area contributed by atoms with E-state index in [1.807, 2.05) is 6.07 Å². The molecule has 0 bridgehead atoms. The van der Waals surface area contributed by atoms with Crippen molar-refractivity contribution in [1.29, 1.82) is 0 Å². The van der Waals surface area contributed by atoms with E-state index in [2.05, 4.69) is 41.1 Å². The van der Waals surface area contributed by atoms with Crippen LogP contribution < -0.4 is 0 Å². The summed E-state index contributed by atoms with van der Waals surface area (Å²) in [6.07, 6.45) is 1.02. The zero-order valence-corrected chi connectivity index (χ0v) is 8.60. The van der Waals surface area contributed by atoms with Gasteiger partial charge in [0.25, 0.3) is 0 Å².